The van der Waals surface area contributed by atoms with Crippen LogP contribution in [-0.4, -0.2) is 10.9 Å². The summed E-state index contributed by atoms with van der Waals surface area (Å²) in [6.07, 6.45) is -2.92. The second-order valence-electron chi connectivity index (χ2n) is 7.36. The number of carbonyl (C=O) groups is 1. The van der Waals surface area contributed by atoms with Crippen molar-refractivity contribution in [3.05, 3.63) is 83.6 Å². The number of aromatic nitrogens is 1. The van der Waals surface area contributed by atoms with E-state index in [1.807, 2.05) is 24.3 Å². The van der Waals surface area contributed by atoms with Crippen LogP contribution < -0.4 is 11.1 Å². The van der Waals surface area contributed by atoms with Gasteiger partial charge in [0.25, 0.3) is 0 Å². The van der Waals surface area contributed by atoms with Crippen LogP contribution in [-0.2, 0) is 6.18 Å². The monoisotopic (exact) mass is 413 g/mol. The van der Waals surface area contributed by atoms with Gasteiger partial charge in [0.15, 0.2) is 0 Å². The minimum atomic E-state index is -4.35. The van der Waals surface area contributed by atoms with Crippen molar-refractivity contribution >= 4 is 11.7 Å². The highest BCUT2D eigenvalue weighted by Gasteiger charge is 2.30. The molecule has 0 aliphatic heterocycles. The van der Waals surface area contributed by atoms with E-state index in [1.165, 1.54) is 18.3 Å². The molecule has 0 bridgehead atoms. The number of primary amides is 1. The molecule has 4 nitrogen and oxygen atoms in total. The van der Waals surface area contributed by atoms with Gasteiger partial charge in [-0.3, -0.25) is 4.79 Å². The molecule has 3 N–H and O–H groups in total. The van der Waals surface area contributed by atoms with Crippen molar-refractivity contribution in [2.45, 2.75) is 26.1 Å². The van der Waals surface area contributed by atoms with Gasteiger partial charge < -0.3 is 11.1 Å². The molecule has 3 aromatic rings. The smallest absolute Gasteiger partial charge is 0.366 e. The van der Waals surface area contributed by atoms with Crippen LogP contribution in [0, 0.1) is 5.92 Å². The largest absolute Gasteiger partial charge is 0.416 e. The average molecular weight is 413 g/mol. The summed E-state index contributed by atoms with van der Waals surface area (Å²) in [5, 5.41) is 3.36. The van der Waals surface area contributed by atoms with E-state index in [4.69, 9.17) is 5.73 Å². The van der Waals surface area contributed by atoms with E-state index in [1.54, 1.807) is 12.1 Å². The summed E-state index contributed by atoms with van der Waals surface area (Å²) in [6.45, 7) is 4.14. The summed E-state index contributed by atoms with van der Waals surface area (Å²) in [7, 11) is 0. The molecule has 7 heteroatoms. The van der Waals surface area contributed by atoms with E-state index in [2.05, 4.69) is 24.1 Å². The fourth-order valence-electron chi connectivity index (χ4n) is 3.15. The van der Waals surface area contributed by atoms with Crippen molar-refractivity contribution in [2.24, 2.45) is 11.7 Å². The molecule has 0 fully saturated rings. The second-order valence-corrected chi connectivity index (χ2v) is 7.36. The van der Waals surface area contributed by atoms with Crippen molar-refractivity contribution in [1.29, 1.82) is 0 Å². The fraction of sp³-hybridized carbons (Fsp3) is 0.217. The lowest BCUT2D eigenvalue weighted by molar-refractivity contribution is -0.137. The fourth-order valence-corrected chi connectivity index (χ4v) is 3.15. The Kier molecular flexibility index (Phi) is 6.10. The molecular formula is C23H22F3N3O. The van der Waals surface area contributed by atoms with Crippen LogP contribution in [0.1, 0.15) is 41.4 Å². The quantitative estimate of drug-likeness (QED) is 0.547. The third kappa shape index (κ3) is 4.97. The Hall–Kier alpha value is -3.35. The van der Waals surface area contributed by atoms with Gasteiger partial charge in [-0.2, -0.15) is 13.2 Å². The number of nitrogens with zero attached hydrogens (tertiary/aromatic N) is 1. The number of nitrogens with two attached hydrogens (primary N) is 1. The van der Waals surface area contributed by atoms with E-state index < -0.39 is 17.6 Å². The van der Waals surface area contributed by atoms with Crippen molar-refractivity contribution in [1.82, 2.24) is 4.98 Å². The number of hydrogen-bond acceptors (Lipinski definition) is 3. The Labute approximate surface area is 173 Å². The number of amides is 1. The van der Waals surface area contributed by atoms with Gasteiger partial charge in [0.2, 0.25) is 5.91 Å². The van der Waals surface area contributed by atoms with Crippen LogP contribution in [0.15, 0.2) is 66.9 Å². The summed E-state index contributed by atoms with van der Waals surface area (Å²) in [5.41, 5.74) is 7.47. The standard InChI is InChI=1S/C23H22F3N3O/c1-14(2)21(29-20-12-9-18(13-28-20)22(27)30)17-5-3-15(4-6-17)16-7-10-19(11-8-16)23(24,25)26/h3-14,21H,1-2H3,(H2,27,30)(H,28,29). The Morgan fingerprint density at radius 1 is 0.933 bits per heavy atom. The lowest BCUT2D eigenvalue weighted by Gasteiger charge is -2.24. The lowest BCUT2D eigenvalue weighted by atomic mass is 9.94. The zero-order chi connectivity index (χ0) is 21.9. The van der Waals surface area contributed by atoms with Crippen molar-refractivity contribution in [3.63, 3.8) is 0 Å². The highest BCUT2D eigenvalue weighted by atomic mass is 19.4. The molecule has 1 amide bonds. The van der Waals surface area contributed by atoms with Crippen LogP contribution in [0.5, 0.6) is 0 Å². The first-order chi connectivity index (χ1) is 14.1. The Morgan fingerprint density at radius 2 is 1.50 bits per heavy atom. The second kappa shape index (κ2) is 8.57. The molecule has 156 valence electrons. The Morgan fingerprint density at radius 3 is 1.93 bits per heavy atom. The maximum Gasteiger partial charge on any atom is 0.416 e. The first-order valence-corrected chi connectivity index (χ1v) is 9.45. The molecule has 0 radical (unpaired) electrons. The molecule has 3 rings (SSSR count). The molecule has 30 heavy (non-hydrogen) atoms. The molecule has 0 aliphatic rings. The summed E-state index contributed by atoms with van der Waals surface area (Å²) >= 11 is 0. The molecule has 1 atom stereocenters. The number of nitrogens with one attached hydrogen (secondary N) is 1. The first-order valence-electron chi connectivity index (χ1n) is 9.45. The lowest BCUT2D eigenvalue weighted by Crippen LogP contribution is -2.18. The zero-order valence-electron chi connectivity index (χ0n) is 16.6. The Bertz CT molecular complexity index is 996. The van der Waals surface area contributed by atoms with Gasteiger partial charge >= 0.3 is 6.18 Å². The van der Waals surface area contributed by atoms with Crippen LogP contribution in [0.2, 0.25) is 0 Å². The van der Waals surface area contributed by atoms with E-state index in [9.17, 15) is 18.0 Å². The van der Waals surface area contributed by atoms with E-state index in [0.717, 1.165) is 23.3 Å². The molecule has 1 unspecified atom stereocenters. The van der Waals surface area contributed by atoms with E-state index in [0.29, 0.717) is 16.9 Å². The Balaban J connectivity index is 1.79. The van der Waals surface area contributed by atoms with Crippen molar-refractivity contribution < 1.29 is 18.0 Å². The molecule has 0 saturated carbocycles. The highest BCUT2D eigenvalue weighted by Crippen LogP contribution is 2.32. The molecular weight excluding hydrogens is 391 g/mol. The van der Waals surface area contributed by atoms with E-state index >= 15 is 0 Å². The van der Waals surface area contributed by atoms with Crippen molar-refractivity contribution in [3.8, 4) is 11.1 Å². The van der Waals surface area contributed by atoms with Crippen LogP contribution in [0.25, 0.3) is 11.1 Å². The first kappa shape index (κ1) is 21.4. The molecule has 2 aromatic carbocycles. The summed E-state index contributed by atoms with van der Waals surface area (Å²) in [6, 6.07) is 16.1. The van der Waals surface area contributed by atoms with Crippen LogP contribution in [0.4, 0.5) is 19.0 Å². The van der Waals surface area contributed by atoms with Gasteiger partial charge in [0.05, 0.1) is 17.2 Å². The maximum absolute atomic E-state index is 12.7. The number of benzene rings is 2. The summed E-state index contributed by atoms with van der Waals surface area (Å²) < 4.78 is 38.2. The normalized spacial score (nSPS) is 12.6. The third-order valence-corrected chi connectivity index (χ3v) is 4.83. The number of halogens is 3. The predicted molar refractivity (Wildman–Crippen MR) is 111 cm³/mol. The molecule has 1 heterocycles. The number of anilines is 1. The maximum atomic E-state index is 12.7. The minimum Gasteiger partial charge on any atom is -0.366 e. The highest BCUT2D eigenvalue weighted by molar-refractivity contribution is 5.92. The van der Waals surface area contributed by atoms with Gasteiger partial charge in [-0.1, -0.05) is 50.2 Å². The van der Waals surface area contributed by atoms with Gasteiger partial charge in [-0.15, -0.1) is 0 Å². The molecule has 0 aliphatic carbocycles. The minimum absolute atomic E-state index is 0.0430. The van der Waals surface area contributed by atoms with Gasteiger partial charge in [0.1, 0.15) is 5.82 Å². The number of hydrogen-bond donors (Lipinski definition) is 2. The summed E-state index contributed by atoms with van der Waals surface area (Å²) in [5.74, 6) is 0.318. The number of pyridine rings is 1. The van der Waals surface area contributed by atoms with Crippen LogP contribution >= 0.6 is 0 Å². The van der Waals surface area contributed by atoms with Gasteiger partial charge in [-0.05, 0) is 46.9 Å². The third-order valence-electron chi connectivity index (χ3n) is 4.83. The van der Waals surface area contributed by atoms with Gasteiger partial charge in [0, 0.05) is 6.20 Å². The van der Waals surface area contributed by atoms with Crippen LogP contribution in [0.3, 0.4) is 0 Å². The van der Waals surface area contributed by atoms with Crippen molar-refractivity contribution in [2.75, 3.05) is 5.32 Å². The number of carbonyl (C=O) groups excluding carboxylic acids is 1. The summed E-state index contributed by atoms with van der Waals surface area (Å²) in [4.78, 5) is 15.4. The molecule has 1 aromatic heterocycles. The zero-order valence-corrected chi connectivity index (χ0v) is 16.6. The van der Waals surface area contributed by atoms with Gasteiger partial charge in [-0.25, -0.2) is 4.98 Å². The number of alkyl halides is 3. The molecule has 0 saturated heterocycles. The average Bonchev–Trinajstić information content (AvgIpc) is 2.72. The molecule has 0 spiro atoms. The van der Waals surface area contributed by atoms with E-state index in [-0.39, 0.29) is 12.0 Å². The SMILES string of the molecule is CC(C)C(Nc1ccc(C(N)=O)cn1)c1ccc(-c2ccc(C(F)(F)F)cc2)cc1. The topological polar surface area (TPSA) is 68.0 Å². The predicted octanol–water partition coefficient (Wildman–Crippen LogP) is 5.68. The number of rotatable bonds is 6.